The molecule has 1 aliphatic rings. The predicted octanol–water partition coefficient (Wildman–Crippen LogP) is 0.692. The van der Waals surface area contributed by atoms with Gasteiger partial charge in [-0.15, -0.1) is 0 Å². The molecule has 1 unspecified atom stereocenters. The third kappa shape index (κ3) is 5.64. The second kappa shape index (κ2) is 8.42. The number of alkyl halides is 3. The van der Waals surface area contributed by atoms with Crippen molar-refractivity contribution in [3.63, 3.8) is 0 Å². The Balaban J connectivity index is 2.71. The topological polar surface area (TPSA) is 96.2 Å². The first-order valence-corrected chi connectivity index (χ1v) is 7.33. The van der Waals surface area contributed by atoms with Gasteiger partial charge >= 0.3 is 12.1 Å². The Labute approximate surface area is 138 Å². The Hall–Kier alpha value is -2.45. The zero-order chi connectivity index (χ0) is 18.3. The molecule has 6 nitrogen and oxygen atoms in total. The van der Waals surface area contributed by atoms with Crippen molar-refractivity contribution in [2.75, 3.05) is 13.6 Å². The molecule has 1 rings (SSSR count). The molecule has 134 valence electrons. The van der Waals surface area contributed by atoms with Crippen LogP contribution in [0.5, 0.6) is 0 Å². The van der Waals surface area contributed by atoms with E-state index in [0.29, 0.717) is 6.42 Å². The van der Waals surface area contributed by atoms with Crippen molar-refractivity contribution in [1.82, 2.24) is 16.0 Å². The van der Waals surface area contributed by atoms with E-state index in [1.165, 1.54) is 7.05 Å². The average molecular weight is 346 g/mol. The summed E-state index contributed by atoms with van der Waals surface area (Å²) in [6, 6.07) is -0.195. The molecule has 0 aliphatic heterocycles. The number of nitrogens with two attached hydrogens (primary N) is 1. The van der Waals surface area contributed by atoms with Gasteiger partial charge in [-0.3, -0.25) is 9.59 Å². The summed E-state index contributed by atoms with van der Waals surface area (Å²) in [4.78, 5) is 23.0. The highest BCUT2D eigenvalue weighted by molar-refractivity contribution is 5.93. The van der Waals surface area contributed by atoms with Crippen LogP contribution in [0.4, 0.5) is 13.2 Å². The van der Waals surface area contributed by atoms with E-state index in [9.17, 15) is 22.8 Å². The Morgan fingerprint density at radius 2 is 2.00 bits per heavy atom. The molecule has 0 aromatic carbocycles. The summed E-state index contributed by atoms with van der Waals surface area (Å²) >= 11 is 0. The lowest BCUT2D eigenvalue weighted by atomic mass is 10.0. The molecule has 9 heteroatoms. The molecule has 0 bridgehead atoms. The molecule has 1 aliphatic carbocycles. The molecule has 0 fully saturated rings. The number of carbonyl (C=O) groups is 2. The van der Waals surface area contributed by atoms with E-state index < -0.39 is 23.9 Å². The van der Waals surface area contributed by atoms with Crippen molar-refractivity contribution < 1.29 is 22.8 Å². The first-order chi connectivity index (χ1) is 11.2. The first-order valence-electron chi connectivity index (χ1n) is 7.33. The van der Waals surface area contributed by atoms with Crippen LogP contribution >= 0.6 is 0 Å². The molecular weight excluding hydrogens is 325 g/mol. The SMILES string of the molecule is CN/C(=C(/N)C(=O)NC1C=CC=CC1)[C@H](C)CNC(=O)C(F)(F)F. The summed E-state index contributed by atoms with van der Waals surface area (Å²) in [6.45, 7) is 1.24. The number of amides is 2. The maximum absolute atomic E-state index is 12.2. The monoisotopic (exact) mass is 346 g/mol. The van der Waals surface area contributed by atoms with Crippen molar-refractivity contribution in [2.24, 2.45) is 11.7 Å². The molecule has 24 heavy (non-hydrogen) atoms. The fourth-order valence-electron chi connectivity index (χ4n) is 2.15. The number of nitrogens with one attached hydrogen (secondary N) is 3. The van der Waals surface area contributed by atoms with Crippen LogP contribution in [0.1, 0.15) is 13.3 Å². The standard InChI is InChI=1S/C15H21F3N4O2/c1-9(8-21-14(24)15(16,17)18)12(20-2)11(19)13(23)22-10-6-4-3-5-7-10/h3-6,9-10,20H,7-8,19H2,1-2H3,(H,21,24)(H,22,23)/b12-11+/t9-,10?/m1/s1. The van der Waals surface area contributed by atoms with Gasteiger partial charge in [0.05, 0.1) is 6.04 Å². The van der Waals surface area contributed by atoms with E-state index in [1.807, 2.05) is 12.2 Å². The number of carbonyl (C=O) groups excluding carboxylic acids is 2. The van der Waals surface area contributed by atoms with E-state index in [1.54, 1.807) is 24.4 Å². The van der Waals surface area contributed by atoms with Gasteiger partial charge < -0.3 is 21.7 Å². The van der Waals surface area contributed by atoms with Crippen LogP contribution in [0.15, 0.2) is 35.7 Å². The van der Waals surface area contributed by atoms with Crippen LogP contribution in [0.3, 0.4) is 0 Å². The zero-order valence-electron chi connectivity index (χ0n) is 13.4. The summed E-state index contributed by atoms with van der Waals surface area (Å²) in [5.41, 5.74) is 5.93. The summed E-state index contributed by atoms with van der Waals surface area (Å²) in [7, 11) is 1.50. The second-order valence-electron chi connectivity index (χ2n) is 5.31. The van der Waals surface area contributed by atoms with Crippen LogP contribution in [0, 0.1) is 5.92 Å². The molecule has 0 heterocycles. The molecule has 0 aromatic rings. The molecule has 2 amide bonds. The van der Waals surface area contributed by atoms with Gasteiger partial charge in [0.2, 0.25) is 0 Å². The van der Waals surface area contributed by atoms with E-state index in [2.05, 4.69) is 10.6 Å². The Morgan fingerprint density at radius 3 is 2.50 bits per heavy atom. The van der Waals surface area contributed by atoms with Crippen LogP contribution in [-0.4, -0.2) is 37.6 Å². The molecule has 0 saturated heterocycles. The normalized spacial score (nSPS) is 19.3. The molecule has 0 aromatic heterocycles. The summed E-state index contributed by atoms with van der Waals surface area (Å²) in [5, 5.41) is 7.19. The molecule has 2 atom stereocenters. The quantitative estimate of drug-likeness (QED) is 0.532. The third-order valence-corrected chi connectivity index (χ3v) is 3.42. The lowest BCUT2D eigenvalue weighted by Crippen LogP contribution is -2.42. The third-order valence-electron chi connectivity index (χ3n) is 3.42. The minimum absolute atomic E-state index is 0.130. The van der Waals surface area contributed by atoms with Gasteiger partial charge in [0.25, 0.3) is 5.91 Å². The summed E-state index contributed by atoms with van der Waals surface area (Å²) in [6.07, 6.45) is 3.01. The number of halogens is 3. The Morgan fingerprint density at radius 1 is 1.33 bits per heavy atom. The average Bonchev–Trinajstić information content (AvgIpc) is 2.53. The summed E-state index contributed by atoms with van der Waals surface area (Å²) in [5.74, 6) is -3.17. The highest BCUT2D eigenvalue weighted by atomic mass is 19.4. The minimum Gasteiger partial charge on any atom is -0.393 e. The molecule has 0 spiro atoms. The Kier molecular flexibility index (Phi) is 6.87. The fraction of sp³-hybridized carbons (Fsp3) is 0.467. The van der Waals surface area contributed by atoms with Crippen molar-refractivity contribution >= 4 is 11.8 Å². The van der Waals surface area contributed by atoms with E-state index >= 15 is 0 Å². The van der Waals surface area contributed by atoms with Gasteiger partial charge in [-0.2, -0.15) is 13.2 Å². The van der Waals surface area contributed by atoms with E-state index in [4.69, 9.17) is 5.73 Å². The lowest BCUT2D eigenvalue weighted by Gasteiger charge is -2.21. The zero-order valence-corrected chi connectivity index (χ0v) is 13.4. The van der Waals surface area contributed by atoms with Gasteiger partial charge in [-0.05, 0) is 6.42 Å². The number of hydrogen-bond donors (Lipinski definition) is 4. The van der Waals surface area contributed by atoms with Crippen LogP contribution in [-0.2, 0) is 9.59 Å². The number of rotatable bonds is 6. The van der Waals surface area contributed by atoms with Gasteiger partial charge in [-0.25, -0.2) is 0 Å². The van der Waals surface area contributed by atoms with Crippen LogP contribution in [0.2, 0.25) is 0 Å². The number of allylic oxidation sites excluding steroid dienone is 2. The van der Waals surface area contributed by atoms with Crippen LogP contribution < -0.4 is 21.7 Å². The first kappa shape index (κ1) is 19.6. The number of hydrogen-bond acceptors (Lipinski definition) is 4. The maximum Gasteiger partial charge on any atom is 0.471 e. The van der Waals surface area contributed by atoms with Gasteiger partial charge in [0.15, 0.2) is 0 Å². The van der Waals surface area contributed by atoms with Crippen molar-refractivity contribution in [3.05, 3.63) is 35.7 Å². The Bertz CT molecular complexity index is 568. The van der Waals surface area contributed by atoms with E-state index in [-0.39, 0.29) is 24.0 Å². The highest BCUT2D eigenvalue weighted by Gasteiger charge is 2.38. The molecule has 0 radical (unpaired) electrons. The minimum atomic E-state index is -4.95. The fourth-order valence-corrected chi connectivity index (χ4v) is 2.15. The second-order valence-corrected chi connectivity index (χ2v) is 5.31. The maximum atomic E-state index is 12.2. The van der Waals surface area contributed by atoms with Gasteiger partial charge in [0, 0.05) is 25.2 Å². The molecule has 0 saturated carbocycles. The van der Waals surface area contributed by atoms with Crippen molar-refractivity contribution in [3.8, 4) is 0 Å². The molecular formula is C15H21F3N4O2. The van der Waals surface area contributed by atoms with Crippen molar-refractivity contribution in [2.45, 2.75) is 25.6 Å². The van der Waals surface area contributed by atoms with E-state index in [0.717, 1.165) is 0 Å². The summed E-state index contributed by atoms with van der Waals surface area (Å²) < 4.78 is 36.6. The van der Waals surface area contributed by atoms with Crippen molar-refractivity contribution in [1.29, 1.82) is 0 Å². The lowest BCUT2D eigenvalue weighted by molar-refractivity contribution is -0.173. The molecule has 5 N–H and O–H groups in total. The largest absolute Gasteiger partial charge is 0.471 e. The highest BCUT2D eigenvalue weighted by Crippen LogP contribution is 2.15. The van der Waals surface area contributed by atoms with Gasteiger partial charge in [-0.1, -0.05) is 31.2 Å². The van der Waals surface area contributed by atoms with Crippen LogP contribution in [0.25, 0.3) is 0 Å². The van der Waals surface area contributed by atoms with Gasteiger partial charge in [0.1, 0.15) is 5.70 Å². The smallest absolute Gasteiger partial charge is 0.393 e. The predicted molar refractivity (Wildman–Crippen MR) is 83.3 cm³/mol.